The van der Waals surface area contributed by atoms with Gasteiger partial charge in [0.05, 0.1) is 11.8 Å². The van der Waals surface area contributed by atoms with Gasteiger partial charge in [-0.2, -0.15) is 0 Å². The average molecular weight is 224 g/mol. The molecule has 16 heavy (non-hydrogen) atoms. The molecule has 86 valence electrons. The lowest BCUT2D eigenvalue weighted by atomic mass is 9.86. The van der Waals surface area contributed by atoms with Crippen LogP contribution in [0.4, 0.5) is 0 Å². The zero-order valence-electron chi connectivity index (χ0n) is 8.59. The Labute approximate surface area is 92.4 Å². The SMILES string of the molecule is C=CC(=O)O.O=C1OC(=O)C2CCC=CC12. The molecule has 0 aromatic rings. The molecule has 0 radical (unpaired) electrons. The van der Waals surface area contributed by atoms with E-state index in [-0.39, 0.29) is 23.8 Å². The second-order valence-electron chi connectivity index (χ2n) is 3.42. The highest BCUT2D eigenvalue weighted by molar-refractivity contribution is 5.97. The van der Waals surface area contributed by atoms with Gasteiger partial charge in [0.15, 0.2) is 0 Å². The third-order valence-corrected chi connectivity index (χ3v) is 2.37. The highest BCUT2D eigenvalue weighted by Crippen LogP contribution is 2.32. The van der Waals surface area contributed by atoms with Crippen molar-refractivity contribution in [3.8, 4) is 0 Å². The van der Waals surface area contributed by atoms with E-state index in [4.69, 9.17) is 5.11 Å². The van der Waals surface area contributed by atoms with Gasteiger partial charge in [-0.15, -0.1) is 0 Å². The van der Waals surface area contributed by atoms with Gasteiger partial charge in [-0.05, 0) is 12.8 Å². The van der Waals surface area contributed by atoms with Gasteiger partial charge in [0.1, 0.15) is 0 Å². The van der Waals surface area contributed by atoms with Crippen molar-refractivity contribution >= 4 is 17.9 Å². The summed E-state index contributed by atoms with van der Waals surface area (Å²) in [5.41, 5.74) is 0. The number of esters is 2. The third kappa shape index (κ3) is 2.79. The van der Waals surface area contributed by atoms with Crippen molar-refractivity contribution < 1.29 is 24.2 Å². The van der Waals surface area contributed by atoms with Gasteiger partial charge in [0.25, 0.3) is 0 Å². The van der Waals surface area contributed by atoms with Gasteiger partial charge in [0.2, 0.25) is 0 Å². The Morgan fingerprint density at radius 2 is 2.12 bits per heavy atom. The first-order chi connectivity index (χ1) is 7.56. The van der Waals surface area contributed by atoms with E-state index in [2.05, 4.69) is 11.3 Å². The van der Waals surface area contributed by atoms with Gasteiger partial charge in [-0.25, -0.2) is 4.79 Å². The van der Waals surface area contributed by atoms with E-state index in [9.17, 15) is 14.4 Å². The summed E-state index contributed by atoms with van der Waals surface area (Å²) in [5.74, 6) is -2.17. The summed E-state index contributed by atoms with van der Waals surface area (Å²) in [7, 11) is 0. The molecule has 1 fully saturated rings. The first-order valence-electron chi connectivity index (χ1n) is 4.83. The topological polar surface area (TPSA) is 80.7 Å². The summed E-state index contributed by atoms with van der Waals surface area (Å²) >= 11 is 0. The van der Waals surface area contributed by atoms with Crippen molar-refractivity contribution in [3.63, 3.8) is 0 Å². The number of carboxylic acids is 1. The predicted molar refractivity (Wildman–Crippen MR) is 54.3 cm³/mol. The lowest BCUT2D eigenvalue weighted by molar-refractivity contribution is -0.153. The summed E-state index contributed by atoms with van der Waals surface area (Å²) in [6.45, 7) is 2.96. The van der Waals surface area contributed by atoms with Crippen molar-refractivity contribution in [3.05, 3.63) is 24.8 Å². The molecule has 0 saturated carbocycles. The highest BCUT2D eigenvalue weighted by Gasteiger charge is 2.43. The largest absolute Gasteiger partial charge is 0.478 e. The smallest absolute Gasteiger partial charge is 0.327 e. The van der Waals surface area contributed by atoms with E-state index >= 15 is 0 Å². The van der Waals surface area contributed by atoms with E-state index in [0.29, 0.717) is 0 Å². The van der Waals surface area contributed by atoms with Crippen LogP contribution in [0.25, 0.3) is 0 Å². The maximum absolute atomic E-state index is 10.9. The third-order valence-electron chi connectivity index (χ3n) is 2.37. The average Bonchev–Trinajstić information content (AvgIpc) is 2.56. The molecular weight excluding hydrogens is 212 g/mol. The number of carbonyl (C=O) groups excluding carboxylic acids is 2. The van der Waals surface area contributed by atoms with Crippen LogP contribution in [0.2, 0.25) is 0 Å². The van der Waals surface area contributed by atoms with Crippen molar-refractivity contribution in [2.45, 2.75) is 12.8 Å². The van der Waals surface area contributed by atoms with Crippen LogP contribution in [0.1, 0.15) is 12.8 Å². The molecule has 2 aliphatic rings. The fourth-order valence-electron chi connectivity index (χ4n) is 1.58. The molecule has 2 unspecified atom stereocenters. The molecule has 2 rings (SSSR count). The fourth-order valence-corrected chi connectivity index (χ4v) is 1.58. The maximum Gasteiger partial charge on any atom is 0.327 e. The summed E-state index contributed by atoms with van der Waals surface area (Å²) in [5, 5.41) is 7.60. The minimum Gasteiger partial charge on any atom is -0.478 e. The number of cyclic esters (lactones) is 2. The van der Waals surface area contributed by atoms with E-state index in [0.717, 1.165) is 18.9 Å². The summed E-state index contributed by atoms with van der Waals surface area (Å²) in [6.07, 6.45) is 6.18. The molecule has 0 aromatic heterocycles. The molecule has 0 spiro atoms. The molecule has 5 heteroatoms. The lowest BCUT2D eigenvalue weighted by Gasteiger charge is -2.12. The van der Waals surface area contributed by atoms with Crippen LogP contribution >= 0.6 is 0 Å². The van der Waals surface area contributed by atoms with E-state index < -0.39 is 5.97 Å². The molecule has 0 aromatic carbocycles. The minimum atomic E-state index is -0.981. The molecule has 1 saturated heterocycles. The summed E-state index contributed by atoms with van der Waals surface area (Å²) in [4.78, 5) is 31.1. The Balaban J connectivity index is 0.000000221. The number of ether oxygens (including phenoxy) is 1. The van der Waals surface area contributed by atoms with Gasteiger partial charge in [-0.1, -0.05) is 18.7 Å². The van der Waals surface area contributed by atoms with E-state index in [1.54, 1.807) is 6.08 Å². The molecule has 2 atom stereocenters. The van der Waals surface area contributed by atoms with Gasteiger partial charge in [0, 0.05) is 6.08 Å². The molecule has 1 aliphatic carbocycles. The van der Waals surface area contributed by atoms with Crippen LogP contribution in [-0.4, -0.2) is 23.0 Å². The van der Waals surface area contributed by atoms with Crippen molar-refractivity contribution in [2.24, 2.45) is 11.8 Å². The van der Waals surface area contributed by atoms with Crippen LogP contribution in [0.3, 0.4) is 0 Å². The molecule has 1 heterocycles. The zero-order valence-corrected chi connectivity index (χ0v) is 8.59. The number of rotatable bonds is 1. The second kappa shape index (κ2) is 5.25. The first kappa shape index (κ1) is 12.2. The van der Waals surface area contributed by atoms with Crippen molar-refractivity contribution in [2.75, 3.05) is 0 Å². The maximum atomic E-state index is 10.9. The van der Waals surface area contributed by atoms with Gasteiger partial charge in [-0.3, -0.25) is 9.59 Å². The van der Waals surface area contributed by atoms with Crippen LogP contribution in [0.15, 0.2) is 24.8 Å². The quantitative estimate of drug-likeness (QED) is 0.310. The van der Waals surface area contributed by atoms with Crippen LogP contribution in [-0.2, 0) is 19.1 Å². The van der Waals surface area contributed by atoms with Crippen molar-refractivity contribution in [1.82, 2.24) is 0 Å². The zero-order chi connectivity index (χ0) is 12.1. The molecular formula is C11H12O5. The van der Waals surface area contributed by atoms with Crippen LogP contribution in [0.5, 0.6) is 0 Å². The number of fused-ring (bicyclic) bond motifs is 1. The first-order valence-corrected chi connectivity index (χ1v) is 4.83. The van der Waals surface area contributed by atoms with Crippen molar-refractivity contribution in [1.29, 1.82) is 0 Å². The second-order valence-corrected chi connectivity index (χ2v) is 3.42. The number of hydrogen-bond donors (Lipinski definition) is 1. The number of carboxylic acid groups (broad SMARTS) is 1. The minimum absolute atomic E-state index is 0.188. The lowest BCUT2D eigenvalue weighted by Crippen LogP contribution is -2.17. The van der Waals surface area contributed by atoms with Crippen LogP contribution in [0, 0.1) is 11.8 Å². The number of carbonyl (C=O) groups is 3. The Bertz CT molecular complexity index is 355. The van der Waals surface area contributed by atoms with Gasteiger partial charge < -0.3 is 9.84 Å². The predicted octanol–water partition coefficient (Wildman–Crippen LogP) is 0.909. The normalized spacial score (nSPS) is 26.2. The molecule has 0 amide bonds. The fraction of sp³-hybridized carbons (Fsp3) is 0.364. The highest BCUT2D eigenvalue weighted by atomic mass is 16.6. The van der Waals surface area contributed by atoms with E-state index in [1.165, 1.54) is 0 Å². The number of hydrogen-bond acceptors (Lipinski definition) is 4. The summed E-state index contributed by atoms with van der Waals surface area (Å²) in [6, 6.07) is 0. The molecule has 1 N–H and O–H groups in total. The standard InChI is InChI=1S/C8H8O3.C3H4O2/c9-7-5-3-1-2-4-6(5)8(10)11-7;1-2-3(4)5/h1,3,5-6H,2,4H2;2H,1H2,(H,4,5). The Kier molecular flexibility index (Phi) is 3.99. The number of aliphatic carboxylic acids is 1. The number of allylic oxidation sites excluding steroid dienone is 1. The van der Waals surface area contributed by atoms with Crippen LogP contribution < -0.4 is 0 Å². The molecule has 5 nitrogen and oxygen atoms in total. The van der Waals surface area contributed by atoms with E-state index in [1.807, 2.05) is 6.08 Å². The summed E-state index contributed by atoms with van der Waals surface area (Å²) < 4.78 is 4.48. The van der Waals surface area contributed by atoms with Gasteiger partial charge >= 0.3 is 17.9 Å². The monoisotopic (exact) mass is 224 g/mol. The molecule has 1 aliphatic heterocycles. The Morgan fingerprint density at radius 1 is 1.50 bits per heavy atom. The Hall–Kier alpha value is -1.91. The Morgan fingerprint density at radius 3 is 2.62 bits per heavy atom. The molecule has 0 bridgehead atoms.